The van der Waals surface area contributed by atoms with Crippen LogP contribution in [0, 0.1) is 6.92 Å². The summed E-state index contributed by atoms with van der Waals surface area (Å²) >= 11 is 0. The highest BCUT2D eigenvalue weighted by Gasteiger charge is 2.22. The quantitative estimate of drug-likeness (QED) is 0.236. The SMILES string of the molecule is Cc1cccc(-n2c3ccc(-c4ccccc4)cc3c3cc(-c4ccccc4)c4c5ccccc5oc4c32)c1. The molecule has 0 aliphatic rings. The molecule has 0 atom stereocenters. The van der Waals surface area contributed by atoms with Gasteiger partial charge in [-0.05, 0) is 71.1 Å². The van der Waals surface area contributed by atoms with E-state index in [1.807, 2.05) is 6.07 Å². The predicted octanol–water partition coefficient (Wildman–Crippen LogP) is 10.3. The largest absolute Gasteiger partial charge is 0.454 e. The van der Waals surface area contributed by atoms with Crippen molar-refractivity contribution < 1.29 is 4.42 Å². The first-order valence-corrected chi connectivity index (χ1v) is 13.4. The van der Waals surface area contributed by atoms with Gasteiger partial charge in [-0.25, -0.2) is 0 Å². The second-order valence-corrected chi connectivity index (χ2v) is 10.3. The van der Waals surface area contributed by atoms with E-state index in [2.05, 4.69) is 139 Å². The van der Waals surface area contributed by atoms with Crippen LogP contribution in [0.25, 0.3) is 71.7 Å². The highest BCUT2D eigenvalue weighted by atomic mass is 16.3. The van der Waals surface area contributed by atoms with Crippen LogP contribution >= 0.6 is 0 Å². The lowest BCUT2D eigenvalue weighted by atomic mass is 9.96. The molecule has 0 saturated heterocycles. The Morgan fingerprint density at radius 1 is 0.538 bits per heavy atom. The fourth-order valence-corrected chi connectivity index (χ4v) is 6.07. The maximum atomic E-state index is 6.74. The molecular weight excluding hydrogens is 474 g/mol. The molecule has 0 saturated carbocycles. The zero-order valence-electron chi connectivity index (χ0n) is 21.6. The Hall–Kier alpha value is -5.08. The Balaban J connectivity index is 1.60. The van der Waals surface area contributed by atoms with Crippen LogP contribution < -0.4 is 0 Å². The maximum Gasteiger partial charge on any atom is 0.160 e. The van der Waals surface area contributed by atoms with Crippen molar-refractivity contribution in [2.45, 2.75) is 6.92 Å². The van der Waals surface area contributed by atoms with Crippen molar-refractivity contribution in [2.75, 3.05) is 0 Å². The fourth-order valence-electron chi connectivity index (χ4n) is 6.07. The molecule has 0 unspecified atom stereocenters. The summed E-state index contributed by atoms with van der Waals surface area (Å²) < 4.78 is 9.12. The predicted molar refractivity (Wildman–Crippen MR) is 164 cm³/mol. The van der Waals surface area contributed by atoms with Crippen LogP contribution in [0.1, 0.15) is 5.56 Å². The van der Waals surface area contributed by atoms with Crippen LogP contribution in [0.4, 0.5) is 0 Å². The summed E-state index contributed by atoms with van der Waals surface area (Å²) in [7, 11) is 0. The average Bonchev–Trinajstić information content (AvgIpc) is 3.53. The normalized spacial score (nSPS) is 11.7. The number of aromatic nitrogens is 1. The van der Waals surface area contributed by atoms with Gasteiger partial charge in [0.15, 0.2) is 5.58 Å². The van der Waals surface area contributed by atoms with E-state index < -0.39 is 0 Å². The molecule has 2 heteroatoms. The molecule has 8 aromatic rings. The molecule has 8 rings (SSSR count). The number of furan rings is 1. The van der Waals surface area contributed by atoms with Gasteiger partial charge in [0.1, 0.15) is 5.58 Å². The van der Waals surface area contributed by atoms with Crippen molar-refractivity contribution in [2.24, 2.45) is 0 Å². The van der Waals surface area contributed by atoms with Crippen LogP contribution in [-0.4, -0.2) is 4.57 Å². The average molecular weight is 500 g/mol. The molecule has 0 radical (unpaired) electrons. The first kappa shape index (κ1) is 22.0. The smallest absolute Gasteiger partial charge is 0.160 e. The molecule has 0 aliphatic heterocycles. The Bertz CT molecular complexity index is 2170. The van der Waals surface area contributed by atoms with Crippen molar-refractivity contribution in [3.05, 3.63) is 139 Å². The van der Waals surface area contributed by atoms with E-state index in [1.165, 1.54) is 44.1 Å². The number of hydrogen-bond donors (Lipinski definition) is 0. The Morgan fingerprint density at radius 3 is 2.08 bits per heavy atom. The van der Waals surface area contributed by atoms with Crippen molar-refractivity contribution in [1.29, 1.82) is 0 Å². The van der Waals surface area contributed by atoms with Crippen LogP contribution in [-0.2, 0) is 0 Å². The van der Waals surface area contributed by atoms with Gasteiger partial charge in [0.2, 0.25) is 0 Å². The summed E-state index contributed by atoms with van der Waals surface area (Å²) in [6.45, 7) is 2.15. The van der Waals surface area contributed by atoms with Crippen molar-refractivity contribution in [1.82, 2.24) is 4.57 Å². The van der Waals surface area contributed by atoms with Crippen LogP contribution in [0.3, 0.4) is 0 Å². The minimum Gasteiger partial charge on any atom is -0.454 e. The second kappa shape index (κ2) is 8.47. The molecule has 0 amide bonds. The standard InChI is InChI=1S/C37H25NO/c1-24-11-10-16-28(21-24)38-33-20-19-27(25-12-4-2-5-13-25)22-31(33)32-23-30(26-14-6-3-7-15-26)35-29-17-8-9-18-34(29)39-37(35)36(32)38/h2-23H,1H3. The van der Waals surface area contributed by atoms with Gasteiger partial charge < -0.3 is 8.98 Å². The molecule has 2 heterocycles. The van der Waals surface area contributed by atoms with Gasteiger partial charge >= 0.3 is 0 Å². The molecule has 0 N–H and O–H groups in total. The van der Waals surface area contributed by atoms with E-state index >= 15 is 0 Å². The van der Waals surface area contributed by atoms with Gasteiger partial charge in [-0.1, -0.05) is 97.1 Å². The number of aryl methyl sites for hydroxylation is 1. The summed E-state index contributed by atoms with van der Waals surface area (Å²) in [4.78, 5) is 0. The van der Waals surface area contributed by atoms with Gasteiger partial charge in [-0.3, -0.25) is 0 Å². The first-order valence-electron chi connectivity index (χ1n) is 13.4. The van der Waals surface area contributed by atoms with E-state index in [9.17, 15) is 0 Å². The van der Waals surface area contributed by atoms with Crippen LogP contribution in [0.5, 0.6) is 0 Å². The van der Waals surface area contributed by atoms with Crippen molar-refractivity contribution in [3.8, 4) is 27.9 Å². The van der Waals surface area contributed by atoms with Gasteiger partial charge in [-0.15, -0.1) is 0 Å². The number of para-hydroxylation sites is 1. The molecule has 6 aromatic carbocycles. The first-order chi connectivity index (χ1) is 19.3. The maximum absolute atomic E-state index is 6.74. The zero-order chi connectivity index (χ0) is 25.9. The third-order valence-electron chi connectivity index (χ3n) is 7.83. The number of benzene rings is 6. The Morgan fingerprint density at radius 2 is 1.28 bits per heavy atom. The van der Waals surface area contributed by atoms with Crippen LogP contribution in [0.15, 0.2) is 138 Å². The number of hydrogen-bond acceptors (Lipinski definition) is 1. The lowest BCUT2D eigenvalue weighted by Crippen LogP contribution is -1.95. The zero-order valence-corrected chi connectivity index (χ0v) is 21.6. The topological polar surface area (TPSA) is 18.1 Å². The lowest BCUT2D eigenvalue weighted by Gasteiger charge is -2.10. The van der Waals surface area contributed by atoms with E-state index in [-0.39, 0.29) is 0 Å². The number of rotatable bonds is 3. The highest BCUT2D eigenvalue weighted by Crippen LogP contribution is 2.45. The molecule has 39 heavy (non-hydrogen) atoms. The van der Waals surface area contributed by atoms with Crippen LogP contribution in [0.2, 0.25) is 0 Å². The Labute approximate surface area is 226 Å². The molecular formula is C37H25NO. The highest BCUT2D eigenvalue weighted by molar-refractivity contribution is 6.26. The third-order valence-corrected chi connectivity index (χ3v) is 7.83. The van der Waals surface area contributed by atoms with E-state index in [0.717, 1.165) is 33.1 Å². The third kappa shape index (κ3) is 3.35. The van der Waals surface area contributed by atoms with E-state index in [1.54, 1.807) is 0 Å². The molecule has 0 fully saturated rings. The lowest BCUT2D eigenvalue weighted by molar-refractivity contribution is 0.671. The minimum atomic E-state index is 0.906. The monoisotopic (exact) mass is 499 g/mol. The van der Waals surface area contributed by atoms with Crippen molar-refractivity contribution >= 4 is 43.7 Å². The fraction of sp³-hybridized carbons (Fsp3) is 0.0270. The molecule has 0 spiro atoms. The summed E-state index contributed by atoms with van der Waals surface area (Å²) in [5.74, 6) is 0. The molecule has 0 bridgehead atoms. The van der Waals surface area contributed by atoms with E-state index in [0.29, 0.717) is 0 Å². The summed E-state index contributed by atoms with van der Waals surface area (Å²) in [6.07, 6.45) is 0. The molecule has 2 nitrogen and oxygen atoms in total. The number of nitrogens with zero attached hydrogens (tertiary/aromatic N) is 1. The summed E-state index contributed by atoms with van der Waals surface area (Å²) in [5.41, 5.74) is 11.3. The molecule has 184 valence electrons. The minimum absolute atomic E-state index is 0.906. The van der Waals surface area contributed by atoms with E-state index in [4.69, 9.17) is 4.42 Å². The second-order valence-electron chi connectivity index (χ2n) is 10.3. The van der Waals surface area contributed by atoms with Gasteiger partial charge in [0, 0.05) is 27.2 Å². The van der Waals surface area contributed by atoms with Gasteiger partial charge in [0.25, 0.3) is 0 Å². The molecule has 0 aliphatic carbocycles. The number of fused-ring (bicyclic) bond motifs is 7. The molecule has 2 aromatic heterocycles. The summed E-state index contributed by atoms with van der Waals surface area (Å²) in [6, 6.07) is 47.6. The van der Waals surface area contributed by atoms with Crippen molar-refractivity contribution in [3.63, 3.8) is 0 Å². The summed E-state index contributed by atoms with van der Waals surface area (Å²) in [5, 5.41) is 4.70. The van der Waals surface area contributed by atoms with Gasteiger partial charge in [-0.2, -0.15) is 0 Å². The Kier molecular flexibility index (Phi) is 4.77. The van der Waals surface area contributed by atoms with Gasteiger partial charge in [0.05, 0.1) is 11.0 Å².